The zero-order valence-electron chi connectivity index (χ0n) is 61.4. The number of aromatic nitrogens is 7. The monoisotopic (exact) mass is 1260 g/mol. The van der Waals surface area contributed by atoms with Crippen molar-refractivity contribution in [3.63, 3.8) is 0 Å². The van der Waals surface area contributed by atoms with E-state index in [9.17, 15) is 4.79 Å². The number of nitrogens with zero attached hydrogens (tertiary/aromatic N) is 7. The first-order valence-corrected chi connectivity index (χ1v) is 32.8. The summed E-state index contributed by atoms with van der Waals surface area (Å²) in [5.41, 5.74) is 19.5. The van der Waals surface area contributed by atoms with Crippen LogP contribution in [0.1, 0.15) is 201 Å². The number of benzene rings is 4. The lowest BCUT2D eigenvalue weighted by atomic mass is 9.87. The molecule has 4 aromatic heterocycles. The number of nitrogens with two attached hydrogens (primary N) is 1. The minimum absolute atomic E-state index is 0.232. The molecule has 2 aliphatic rings. The number of carbonyl (C=O) groups is 1. The van der Waals surface area contributed by atoms with Gasteiger partial charge in [0.1, 0.15) is 13.2 Å². The van der Waals surface area contributed by atoms with Gasteiger partial charge in [-0.1, -0.05) is 188 Å². The van der Waals surface area contributed by atoms with Gasteiger partial charge in [-0.25, -0.2) is 0 Å². The van der Waals surface area contributed by atoms with E-state index in [0.29, 0.717) is 58.1 Å². The fourth-order valence-electron chi connectivity index (χ4n) is 10.5. The van der Waals surface area contributed by atoms with Gasteiger partial charge in [-0.05, 0) is 178 Å². The Balaban J connectivity index is 0.000000230. The molecule has 2 N–H and O–H groups in total. The Labute approximate surface area is 555 Å². The molecule has 0 bridgehead atoms. The summed E-state index contributed by atoms with van der Waals surface area (Å²) in [7, 11) is 5.91. The van der Waals surface area contributed by atoms with Crippen LogP contribution in [0.3, 0.4) is 0 Å². The van der Waals surface area contributed by atoms with Crippen molar-refractivity contribution in [2.45, 2.75) is 197 Å². The Morgan fingerprint density at radius 2 is 0.935 bits per heavy atom. The van der Waals surface area contributed by atoms with E-state index in [-0.39, 0.29) is 11.3 Å². The maximum Gasteiger partial charge on any atom is 0.248 e. The van der Waals surface area contributed by atoms with Crippen molar-refractivity contribution in [1.82, 2.24) is 34.3 Å². The van der Waals surface area contributed by atoms with Crippen LogP contribution in [-0.4, -0.2) is 60.2 Å². The number of pyridine rings is 1. The summed E-state index contributed by atoms with van der Waals surface area (Å²) in [6, 6.07) is 32.5. The van der Waals surface area contributed by atoms with E-state index in [4.69, 9.17) is 24.7 Å². The van der Waals surface area contributed by atoms with Gasteiger partial charge in [0.2, 0.25) is 12.7 Å². The van der Waals surface area contributed by atoms with E-state index in [1.54, 1.807) is 6.07 Å². The molecule has 1 amide bonds. The third-order valence-electron chi connectivity index (χ3n) is 13.9. The lowest BCUT2D eigenvalue weighted by Gasteiger charge is -2.22. The summed E-state index contributed by atoms with van der Waals surface area (Å²) in [6.07, 6.45) is 17.3. The van der Waals surface area contributed by atoms with Crippen LogP contribution in [0.25, 0.3) is 10.9 Å². The molecule has 0 radical (unpaired) electrons. The smallest absolute Gasteiger partial charge is 0.248 e. The Morgan fingerprint density at radius 3 is 1.41 bits per heavy atom. The van der Waals surface area contributed by atoms with Gasteiger partial charge >= 0.3 is 0 Å². The molecule has 2 aliphatic heterocycles. The van der Waals surface area contributed by atoms with Gasteiger partial charge in [-0.3, -0.25) is 23.8 Å². The normalized spacial score (nSPS) is 12.8. The second-order valence-corrected chi connectivity index (χ2v) is 33.3. The molecule has 0 spiro atoms. The zero-order chi connectivity index (χ0) is 69.0. The van der Waals surface area contributed by atoms with Gasteiger partial charge in [-0.15, -0.1) is 0 Å². The number of ether oxygens (including phenoxy) is 4. The molecule has 10 rings (SSSR count). The molecule has 0 fully saturated rings. The summed E-state index contributed by atoms with van der Waals surface area (Å²) in [5.74, 6) is 3.15. The summed E-state index contributed by atoms with van der Waals surface area (Å²) < 4.78 is 27.3. The minimum Gasteiger partial charge on any atom is -0.486 e. The van der Waals surface area contributed by atoms with Gasteiger partial charge in [0.15, 0.2) is 23.0 Å². The lowest BCUT2D eigenvalue weighted by Crippen LogP contribution is -2.16. The Hall–Kier alpha value is -7.41. The first kappa shape index (κ1) is 77.0. The largest absolute Gasteiger partial charge is 0.486 e. The van der Waals surface area contributed by atoms with Crippen LogP contribution in [0.2, 0.25) is 0 Å². The molecular formula is C79H118N8O5. The highest BCUT2D eigenvalue weighted by molar-refractivity contribution is 5.92. The van der Waals surface area contributed by atoms with Gasteiger partial charge in [0.25, 0.3) is 0 Å². The Bertz CT molecular complexity index is 3510. The highest BCUT2D eigenvalue weighted by Crippen LogP contribution is 2.36. The molecule has 504 valence electrons. The zero-order valence-corrected chi connectivity index (χ0v) is 61.4. The maximum absolute atomic E-state index is 10.9. The topological polar surface area (TPSA) is 146 Å². The highest BCUT2D eigenvalue weighted by Gasteiger charge is 2.20. The van der Waals surface area contributed by atoms with Crippen LogP contribution < -0.4 is 24.7 Å². The first-order chi connectivity index (χ1) is 42.4. The molecule has 0 saturated carbocycles. The van der Waals surface area contributed by atoms with Crippen molar-refractivity contribution in [2.24, 2.45) is 64.8 Å². The molecule has 8 aromatic rings. The Kier molecular flexibility index (Phi) is 28.0. The van der Waals surface area contributed by atoms with E-state index >= 15 is 0 Å². The van der Waals surface area contributed by atoms with E-state index < -0.39 is 0 Å². The number of amides is 1. The number of primary amides is 1. The van der Waals surface area contributed by atoms with Gasteiger partial charge in [0, 0.05) is 62.6 Å². The molecule has 6 heterocycles. The highest BCUT2D eigenvalue weighted by atomic mass is 16.7. The van der Waals surface area contributed by atoms with Gasteiger partial charge in [-0.2, -0.15) is 15.3 Å². The van der Waals surface area contributed by atoms with Crippen LogP contribution in [0.15, 0.2) is 128 Å². The fourth-order valence-corrected chi connectivity index (χ4v) is 10.5. The van der Waals surface area contributed by atoms with E-state index in [1.165, 1.54) is 38.9 Å². The predicted octanol–water partition coefficient (Wildman–Crippen LogP) is 18.6. The third kappa shape index (κ3) is 31.3. The van der Waals surface area contributed by atoms with Crippen LogP contribution in [-0.2, 0) is 66.1 Å². The van der Waals surface area contributed by atoms with E-state index in [1.807, 2.05) is 90.2 Å². The summed E-state index contributed by atoms with van der Waals surface area (Å²) in [4.78, 5) is 15.3. The fraction of sp³-hybridized carbons (Fsp3) is 0.532. The first-order valence-electron chi connectivity index (χ1n) is 32.8. The van der Waals surface area contributed by atoms with Crippen molar-refractivity contribution in [3.8, 4) is 23.0 Å². The van der Waals surface area contributed by atoms with Crippen molar-refractivity contribution >= 4 is 16.8 Å². The van der Waals surface area contributed by atoms with Crippen molar-refractivity contribution in [3.05, 3.63) is 178 Å². The summed E-state index contributed by atoms with van der Waals surface area (Å²) in [6.45, 7) is 50.6. The van der Waals surface area contributed by atoms with Gasteiger partial charge < -0.3 is 24.7 Å². The summed E-state index contributed by atoms with van der Waals surface area (Å²) >= 11 is 0. The van der Waals surface area contributed by atoms with Crippen LogP contribution in [0.4, 0.5) is 0 Å². The lowest BCUT2D eigenvalue weighted by molar-refractivity contribution is 0.1000. The molecule has 0 saturated heterocycles. The number of hydrogen-bond donors (Lipinski definition) is 1. The minimum atomic E-state index is -0.360. The molecular weight excluding hydrogens is 1140 g/mol. The number of carbonyl (C=O) groups excluding carboxylic acids is 1. The molecule has 0 unspecified atom stereocenters. The average Bonchev–Trinajstić information content (AvgIpc) is 1.23. The van der Waals surface area contributed by atoms with Crippen LogP contribution in [0.5, 0.6) is 23.0 Å². The number of hydrogen-bond acceptors (Lipinski definition) is 9. The van der Waals surface area contributed by atoms with Gasteiger partial charge in [0.05, 0.1) is 17.4 Å². The number of aryl methyl sites for hydroxylation is 4. The van der Waals surface area contributed by atoms with Crippen molar-refractivity contribution in [1.29, 1.82) is 0 Å². The molecule has 0 aliphatic carbocycles. The standard InChI is InChI=1S/C14H17N.C13H18O2.C12H17NO.C12H16O2.C10H18N2.2C9H16N2/c1-14(2,3)10-11-6-4-8-13-12(11)7-5-9-15-13;1-13(2,3)9-10-4-5-11-12(8-10)15-7-6-14-11;1-12(2,3)8-9-5-4-6-10(7-9)11(13)14;1-12(2,3)7-9-4-5-10-11(6-9)14-8-13-10;1-8-9(6-10(2,3)4)7-12(5)11-8;1-9(2,3)5-8-6-10-11(4)7-8;1-9(2,3)7-8-5-6-10-11(8)4/h4-9H,10H2,1-3H3;4-5,8H,6-7,9H2,1-3H3;4-7H,8H2,1-3H3,(H2,13,14);4-6H,7-8H2,1-3H3;7H,6H2,1-5H3;6-7H,5H2,1-4H3;5-6H,7H2,1-4H3. The Morgan fingerprint density at radius 1 is 0.457 bits per heavy atom. The quantitative estimate of drug-likeness (QED) is 0.157. The third-order valence-corrected chi connectivity index (χ3v) is 13.9. The predicted molar refractivity (Wildman–Crippen MR) is 383 cm³/mol. The number of rotatable bonds is 8. The SMILES string of the molecule is CC(C)(C)Cc1ccc2c(c1)OCCO2.CC(C)(C)Cc1ccc2c(c1)OCO2.CC(C)(C)Cc1cccc(C(N)=O)c1.CC(C)(C)Cc1cccc2ncccc12.Cc1nn(C)cc1CC(C)(C)C.Cn1cc(CC(C)(C)C)cn1.Cn1nccc1CC(C)(C)C. The van der Waals surface area contributed by atoms with E-state index in [0.717, 1.165) is 84.7 Å². The van der Waals surface area contributed by atoms with Crippen LogP contribution >= 0.6 is 0 Å². The molecule has 13 nitrogen and oxygen atoms in total. The molecule has 13 heteroatoms. The summed E-state index contributed by atoms with van der Waals surface area (Å²) in [5, 5.41) is 13.8. The second-order valence-electron chi connectivity index (χ2n) is 33.3. The molecule has 0 atom stereocenters. The second kappa shape index (κ2) is 33.4. The van der Waals surface area contributed by atoms with Crippen molar-refractivity contribution in [2.75, 3.05) is 20.0 Å². The van der Waals surface area contributed by atoms with Crippen LogP contribution in [0, 0.1) is 44.8 Å². The number of fused-ring (bicyclic) bond motifs is 3. The molecule has 4 aromatic carbocycles. The average molecular weight is 1260 g/mol. The molecule has 92 heavy (non-hydrogen) atoms. The maximum atomic E-state index is 10.9. The van der Waals surface area contributed by atoms with E-state index in [2.05, 4.69) is 240 Å². The van der Waals surface area contributed by atoms with Crippen molar-refractivity contribution < 1.29 is 23.7 Å².